The van der Waals surface area contributed by atoms with Crippen LogP contribution in [0.15, 0.2) is 23.2 Å². The third-order valence-corrected chi connectivity index (χ3v) is 4.84. The molecule has 0 aromatic heterocycles. The van der Waals surface area contributed by atoms with Crippen molar-refractivity contribution in [2.24, 2.45) is 10.4 Å². The second-order valence-corrected chi connectivity index (χ2v) is 6.41. The number of hydrogen-bond donors (Lipinski definition) is 3. The molecule has 0 saturated heterocycles. The summed E-state index contributed by atoms with van der Waals surface area (Å²) in [6, 6.07) is 3.23. The molecule has 0 spiro atoms. The van der Waals surface area contributed by atoms with E-state index in [1.165, 1.54) is 12.1 Å². The number of benzene rings is 1. The fourth-order valence-corrected chi connectivity index (χ4v) is 2.85. The van der Waals surface area contributed by atoms with Gasteiger partial charge in [0, 0.05) is 31.3 Å². The molecule has 1 atom stereocenters. The number of guanidine groups is 1. The molecule has 0 amide bonds. The van der Waals surface area contributed by atoms with Gasteiger partial charge < -0.3 is 15.7 Å². The maximum absolute atomic E-state index is 14.0. The summed E-state index contributed by atoms with van der Waals surface area (Å²) in [6.45, 7) is 9.37. The van der Waals surface area contributed by atoms with Crippen LogP contribution < -0.4 is 10.6 Å². The largest absolute Gasteiger partial charge is 0.396 e. The summed E-state index contributed by atoms with van der Waals surface area (Å²) >= 11 is 0. The molecule has 0 fully saturated rings. The van der Waals surface area contributed by atoms with Crippen molar-refractivity contribution >= 4 is 5.96 Å². The molecule has 4 nitrogen and oxygen atoms in total. The number of aliphatic hydroxyl groups excluding tert-OH is 1. The Morgan fingerprint density at radius 1 is 1.24 bits per heavy atom. The molecule has 25 heavy (non-hydrogen) atoms. The van der Waals surface area contributed by atoms with Gasteiger partial charge in [-0.3, -0.25) is 4.99 Å². The topological polar surface area (TPSA) is 56.7 Å². The van der Waals surface area contributed by atoms with Crippen LogP contribution in [-0.4, -0.2) is 30.8 Å². The van der Waals surface area contributed by atoms with Gasteiger partial charge in [-0.25, -0.2) is 8.78 Å². The van der Waals surface area contributed by atoms with E-state index in [1.54, 1.807) is 0 Å². The maximum Gasteiger partial charge on any atom is 0.191 e. The number of rotatable bonds is 9. The highest BCUT2D eigenvalue weighted by Crippen LogP contribution is 2.30. The van der Waals surface area contributed by atoms with Crippen molar-refractivity contribution in [3.63, 3.8) is 0 Å². The van der Waals surface area contributed by atoms with E-state index in [4.69, 9.17) is 0 Å². The first-order valence-corrected chi connectivity index (χ1v) is 9.02. The van der Waals surface area contributed by atoms with Gasteiger partial charge in [0.2, 0.25) is 0 Å². The van der Waals surface area contributed by atoms with Crippen LogP contribution in [0.25, 0.3) is 0 Å². The van der Waals surface area contributed by atoms with Crippen LogP contribution >= 0.6 is 0 Å². The Morgan fingerprint density at radius 3 is 2.44 bits per heavy atom. The Hall–Kier alpha value is -1.69. The molecule has 0 bridgehead atoms. The molecule has 0 aliphatic carbocycles. The van der Waals surface area contributed by atoms with Crippen molar-refractivity contribution in [2.45, 2.75) is 53.0 Å². The first-order valence-electron chi connectivity index (χ1n) is 9.02. The fraction of sp³-hybridized carbons (Fsp3) is 0.632. The SMILES string of the molecule is CCNC(=NCC(CC)(CC)CCO)NC(C)c1ccc(F)cc1F. The van der Waals surface area contributed by atoms with Crippen LogP contribution in [0.5, 0.6) is 0 Å². The Bertz CT molecular complexity index is 560. The Labute approximate surface area is 149 Å². The molecule has 3 N–H and O–H groups in total. The number of nitrogens with zero attached hydrogens (tertiary/aromatic N) is 1. The van der Waals surface area contributed by atoms with Gasteiger partial charge in [-0.1, -0.05) is 19.9 Å². The Morgan fingerprint density at radius 2 is 1.92 bits per heavy atom. The van der Waals surface area contributed by atoms with Crippen molar-refractivity contribution in [2.75, 3.05) is 19.7 Å². The number of nitrogens with one attached hydrogen (secondary N) is 2. The van der Waals surface area contributed by atoms with Gasteiger partial charge in [-0.2, -0.15) is 0 Å². The lowest BCUT2D eigenvalue weighted by atomic mass is 9.79. The standard InChI is InChI=1S/C19H31F2N3O/c1-5-19(6-2,10-11-25)13-23-18(22-7-3)24-14(4)16-9-8-15(20)12-17(16)21/h8-9,12,14,25H,5-7,10-11,13H2,1-4H3,(H2,22,23,24). The minimum absolute atomic E-state index is 0.0402. The second-order valence-electron chi connectivity index (χ2n) is 6.41. The minimum atomic E-state index is -0.589. The van der Waals surface area contributed by atoms with Gasteiger partial charge in [-0.15, -0.1) is 0 Å². The van der Waals surface area contributed by atoms with E-state index in [-0.39, 0.29) is 18.1 Å². The second kappa shape index (κ2) is 10.3. The lowest BCUT2D eigenvalue weighted by Gasteiger charge is -2.30. The van der Waals surface area contributed by atoms with Gasteiger partial charge in [0.15, 0.2) is 5.96 Å². The number of halogens is 2. The van der Waals surface area contributed by atoms with Crippen LogP contribution in [0.1, 0.15) is 58.6 Å². The predicted molar refractivity (Wildman–Crippen MR) is 98.6 cm³/mol. The zero-order valence-corrected chi connectivity index (χ0v) is 15.7. The Balaban J connectivity index is 2.91. The van der Waals surface area contributed by atoms with Gasteiger partial charge in [0.25, 0.3) is 0 Å². The van der Waals surface area contributed by atoms with Gasteiger partial charge in [-0.05, 0) is 44.6 Å². The van der Waals surface area contributed by atoms with Crippen molar-refractivity contribution in [1.82, 2.24) is 10.6 Å². The first-order chi connectivity index (χ1) is 11.9. The van der Waals surface area contributed by atoms with E-state index in [9.17, 15) is 13.9 Å². The zero-order chi connectivity index (χ0) is 18.9. The molecule has 142 valence electrons. The van der Waals surface area contributed by atoms with Crippen LogP contribution in [0.2, 0.25) is 0 Å². The Kier molecular flexibility index (Phi) is 8.83. The van der Waals surface area contributed by atoms with Crippen molar-refractivity contribution < 1.29 is 13.9 Å². The summed E-state index contributed by atoms with van der Waals surface area (Å²) < 4.78 is 27.0. The highest BCUT2D eigenvalue weighted by molar-refractivity contribution is 5.80. The van der Waals surface area contributed by atoms with Gasteiger partial charge in [0.05, 0.1) is 6.04 Å². The van der Waals surface area contributed by atoms with Crippen molar-refractivity contribution in [1.29, 1.82) is 0 Å². The number of hydrogen-bond acceptors (Lipinski definition) is 2. The van der Waals surface area contributed by atoms with Crippen molar-refractivity contribution in [3.05, 3.63) is 35.4 Å². The monoisotopic (exact) mass is 355 g/mol. The summed E-state index contributed by atoms with van der Waals surface area (Å²) in [4.78, 5) is 4.65. The molecular formula is C19H31F2N3O. The smallest absolute Gasteiger partial charge is 0.191 e. The highest BCUT2D eigenvalue weighted by Gasteiger charge is 2.25. The molecule has 0 heterocycles. The quantitative estimate of drug-likeness (QED) is 0.467. The predicted octanol–water partition coefficient (Wildman–Crippen LogP) is 3.77. The third-order valence-electron chi connectivity index (χ3n) is 4.84. The van der Waals surface area contributed by atoms with E-state index in [1.807, 2.05) is 13.8 Å². The molecule has 1 rings (SSSR count). The summed E-state index contributed by atoms with van der Waals surface area (Å²) in [7, 11) is 0. The van der Waals surface area contributed by atoms with Crippen LogP contribution in [0.4, 0.5) is 8.78 Å². The van der Waals surface area contributed by atoms with Crippen molar-refractivity contribution in [3.8, 4) is 0 Å². The van der Waals surface area contributed by atoms with E-state index >= 15 is 0 Å². The van der Waals surface area contributed by atoms with E-state index in [2.05, 4.69) is 29.5 Å². The van der Waals surface area contributed by atoms with E-state index < -0.39 is 11.6 Å². The average molecular weight is 355 g/mol. The average Bonchev–Trinajstić information content (AvgIpc) is 2.58. The molecule has 1 aromatic rings. The summed E-state index contributed by atoms with van der Waals surface area (Å²) in [5, 5.41) is 15.7. The lowest BCUT2D eigenvalue weighted by molar-refractivity contribution is 0.175. The molecule has 0 radical (unpaired) electrons. The molecule has 1 aromatic carbocycles. The maximum atomic E-state index is 14.0. The molecular weight excluding hydrogens is 324 g/mol. The van der Waals surface area contributed by atoms with Gasteiger partial charge in [0.1, 0.15) is 11.6 Å². The normalized spacial score (nSPS) is 13.6. The number of aliphatic imine (C=N–C) groups is 1. The van der Waals surface area contributed by atoms with Gasteiger partial charge >= 0.3 is 0 Å². The van der Waals surface area contributed by atoms with E-state index in [0.29, 0.717) is 31.0 Å². The minimum Gasteiger partial charge on any atom is -0.396 e. The summed E-state index contributed by atoms with van der Waals surface area (Å²) in [6.07, 6.45) is 2.55. The molecule has 1 unspecified atom stereocenters. The van der Waals surface area contributed by atoms with Crippen LogP contribution in [0, 0.1) is 17.0 Å². The molecule has 0 saturated carbocycles. The molecule has 0 aliphatic rings. The lowest BCUT2D eigenvalue weighted by Crippen LogP contribution is -2.40. The summed E-state index contributed by atoms with van der Waals surface area (Å²) in [5.41, 5.74) is 0.348. The van der Waals surface area contributed by atoms with E-state index in [0.717, 1.165) is 18.9 Å². The van der Waals surface area contributed by atoms with Crippen LogP contribution in [0.3, 0.4) is 0 Å². The fourth-order valence-electron chi connectivity index (χ4n) is 2.85. The zero-order valence-electron chi connectivity index (χ0n) is 15.7. The molecule has 0 aliphatic heterocycles. The first kappa shape index (κ1) is 21.4. The number of aliphatic hydroxyl groups is 1. The van der Waals surface area contributed by atoms with Crippen LogP contribution in [-0.2, 0) is 0 Å². The third kappa shape index (κ3) is 6.27. The summed E-state index contributed by atoms with van der Waals surface area (Å²) in [5.74, 6) is -0.579. The highest BCUT2D eigenvalue weighted by atomic mass is 19.1. The molecule has 6 heteroatoms.